The first-order valence-electron chi connectivity index (χ1n) is 5.12. The molecule has 2 heteroatoms. The smallest absolute Gasteiger partial charge is 0.333 e. The molecule has 0 fully saturated rings. The lowest BCUT2D eigenvalue weighted by atomic mass is 10.1. The monoisotopic (exact) mass is 184 g/mol. The van der Waals surface area contributed by atoms with Crippen LogP contribution in [0.15, 0.2) is 11.6 Å². The Balaban J connectivity index is 4.08. The average Bonchev–Trinajstić information content (AvgIpc) is 2.12. The maximum absolute atomic E-state index is 11.3. The molecule has 76 valence electrons. The Hall–Kier alpha value is -0.790. The van der Waals surface area contributed by atoms with Crippen LogP contribution in [-0.2, 0) is 9.53 Å². The fourth-order valence-corrected chi connectivity index (χ4v) is 1.12. The van der Waals surface area contributed by atoms with Crippen LogP contribution in [-0.4, -0.2) is 12.6 Å². The van der Waals surface area contributed by atoms with E-state index in [1.165, 1.54) is 0 Å². The Labute approximate surface area is 81.0 Å². The standard InChI is InChI=1S/C11H20O2/c1-4-7-9-10(8-5-2)11(12)13-6-3/h8H,4-7,9H2,1-3H3. The minimum atomic E-state index is -0.141. The summed E-state index contributed by atoms with van der Waals surface area (Å²) in [5.74, 6) is -0.141. The molecule has 0 unspecified atom stereocenters. The molecule has 0 saturated heterocycles. The van der Waals surface area contributed by atoms with Crippen molar-refractivity contribution in [3.63, 3.8) is 0 Å². The van der Waals surface area contributed by atoms with Gasteiger partial charge in [-0.3, -0.25) is 0 Å². The molecule has 0 atom stereocenters. The zero-order chi connectivity index (χ0) is 10.1. The molecule has 0 aliphatic heterocycles. The van der Waals surface area contributed by atoms with E-state index in [4.69, 9.17) is 4.74 Å². The molecule has 0 aliphatic carbocycles. The van der Waals surface area contributed by atoms with Gasteiger partial charge in [-0.05, 0) is 26.2 Å². The molecule has 13 heavy (non-hydrogen) atoms. The van der Waals surface area contributed by atoms with Crippen molar-refractivity contribution in [3.05, 3.63) is 11.6 Å². The van der Waals surface area contributed by atoms with Crippen LogP contribution < -0.4 is 0 Å². The molecule has 0 rings (SSSR count). The number of carbonyl (C=O) groups excluding carboxylic acids is 1. The third-order valence-electron chi connectivity index (χ3n) is 1.79. The third kappa shape index (κ3) is 5.45. The lowest BCUT2D eigenvalue weighted by Gasteiger charge is -2.05. The first-order valence-corrected chi connectivity index (χ1v) is 5.12. The summed E-state index contributed by atoms with van der Waals surface area (Å²) in [6, 6.07) is 0. The van der Waals surface area contributed by atoms with E-state index in [9.17, 15) is 4.79 Å². The first-order chi connectivity index (χ1) is 6.26. The summed E-state index contributed by atoms with van der Waals surface area (Å²) in [7, 11) is 0. The molecule has 0 spiro atoms. The van der Waals surface area contributed by atoms with Crippen molar-refractivity contribution in [2.75, 3.05) is 6.61 Å². The maximum Gasteiger partial charge on any atom is 0.333 e. The summed E-state index contributed by atoms with van der Waals surface area (Å²) in [6.45, 7) is 6.45. The van der Waals surface area contributed by atoms with Crippen LogP contribution >= 0.6 is 0 Å². The zero-order valence-electron chi connectivity index (χ0n) is 8.93. The van der Waals surface area contributed by atoms with Gasteiger partial charge in [0.15, 0.2) is 0 Å². The summed E-state index contributed by atoms with van der Waals surface area (Å²) >= 11 is 0. The molecule has 0 aromatic carbocycles. The van der Waals surface area contributed by atoms with Gasteiger partial charge < -0.3 is 4.74 Å². The number of carbonyl (C=O) groups is 1. The van der Waals surface area contributed by atoms with Gasteiger partial charge in [0, 0.05) is 5.57 Å². The summed E-state index contributed by atoms with van der Waals surface area (Å²) in [4.78, 5) is 11.3. The highest BCUT2D eigenvalue weighted by atomic mass is 16.5. The van der Waals surface area contributed by atoms with Gasteiger partial charge in [-0.2, -0.15) is 0 Å². The van der Waals surface area contributed by atoms with Gasteiger partial charge in [0.2, 0.25) is 0 Å². The molecule has 0 amide bonds. The fourth-order valence-electron chi connectivity index (χ4n) is 1.12. The summed E-state index contributed by atoms with van der Waals surface area (Å²) < 4.78 is 4.95. The Morgan fingerprint density at radius 1 is 1.31 bits per heavy atom. The van der Waals surface area contributed by atoms with E-state index < -0.39 is 0 Å². The molecule has 0 bridgehead atoms. The van der Waals surface area contributed by atoms with E-state index in [0.29, 0.717) is 6.61 Å². The molecule has 0 radical (unpaired) electrons. The van der Waals surface area contributed by atoms with Gasteiger partial charge in [0.25, 0.3) is 0 Å². The van der Waals surface area contributed by atoms with Crippen LogP contribution in [0.3, 0.4) is 0 Å². The topological polar surface area (TPSA) is 26.3 Å². The minimum Gasteiger partial charge on any atom is -0.463 e. The molecule has 2 nitrogen and oxygen atoms in total. The Bertz CT molecular complexity index is 171. The molecule has 0 heterocycles. The number of hydrogen-bond acceptors (Lipinski definition) is 2. The Morgan fingerprint density at radius 3 is 2.46 bits per heavy atom. The predicted molar refractivity (Wildman–Crippen MR) is 54.5 cm³/mol. The van der Waals surface area contributed by atoms with Gasteiger partial charge in [-0.15, -0.1) is 0 Å². The van der Waals surface area contributed by atoms with Gasteiger partial charge >= 0.3 is 5.97 Å². The van der Waals surface area contributed by atoms with Crippen LogP contribution in [0.1, 0.15) is 46.5 Å². The van der Waals surface area contributed by atoms with Gasteiger partial charge in [-0.25, -0.2) is 4.79 Å². The van der Waals surface area contributed by atoms with Crippen LogP contribution in [0.25, 0.3) is 0 Å². The van der Waals surface area contributed by atoms with Gasteiger partial charge in [-0.1, -0.05) is 26.3 Å². The lowest BCUT2D eigenvalue weighted by molar-refractivity contribution is -0.138. The number of rotatable bonds is 6. The van der Waals surface area contributed by atoms with Crippen LogP contribution in [0.2, 0.25) is 0 Å². The molecule has 0 aliphatic rings. The van der Waals surface area contributed by atoms with Gasteiger partial charge in [0.1, 0.15) is 0 Å². The second-order valence-electron chi connectivity index (χ2n) is 2.96. The lowest BCUT2D eigenvalue weighted by Crippen LogP contribution is -2.07. The number of allylic oxidation sites excluding steroid dienone is 1. The van der Waals surface area contributed by atoms with E-state index in [-0.39, 0.29) is 5.97 Å². The van der Waals surface area contributed by atoms with Gasteiger partial charge in [0.05, 0.1) is 6.61 Å². The summed E-state index contributed by atoms with van der Waals surface area (Å²) in [5.41, 5.74) is 0.839. The second kappa shape index (κ2) is 7.84. The van der Waals surface area contributed by atoms with E-state index in [1.807, 2.05) is 19.9 Å². The van der Waals surface area contributed by atoms with Crippen molar-refractivity contribution in [1.29, 1.82) is 0 Å². The summed E-state index contributed by atoms with van der Waals surface area (Å²) in [5, 5.41) is 0. The molecule has 0 saturated carbocycles. The van der Waals surface area contributed by atoms with Crippen LogP contribution in [0, 0.1) is 0 Å². The van der Waals surface area contributed by atoms with Crippen molar-refractivity contribution in [1.82, 2.24) is 0 Å². The number of esters is 1. The predicted octanol–water partition coefficient (Wildman–Crippen LogP) is 3.08. The van der Waals surface area contributed by atoms with Crippen LogP contribution in [0.5, 0.6) is 0 Å². The van der Waals surface area contributed by atoms with Crippen molar-refractivity contribution in [2.24, 2.45) is 0 Å². The molecular formula is C11H20O2. The van der Waals surface area contributed by atoms with Crippen molar-refractivity contribution in [2.45, 2.75) is 46.5 Å². The SMILES string of the molecule is CCC=C(CCCC)C(=O)OCC. The highest BCUT2D eigenvalue weighted by Crippen LogP contribution is 2.10. The first kappa shape index (κ1) is 12.2. The van der Waals surface area contributed by atoms with E-state index in [1.54, 1.807) is 0 Å². The minimum absolute atomic E-state index is 0.141. The Morgan fingerprint density at radius 2 is 2.00 bits per heavy atom. The second-order valence-corrected chi connectivity index (χ2v) is 2.96. The number of ether oxygens (including phenoxy) is 1. The van der Waals surface area contributed by atoms with E-state index in [2.05, 4.69) is 6.92 Å². The number of unbranched alkanes of at least 4 members (excludes halogenated alkanes) is 1. The highest BCUT2D eigenvalue weighted by Gasteiger charge is 2.08. The quantitative estimate of drug-likeness (QED) is 0.468. The largest absolute Gasteiger partial charge is 0.463 e. The van der Waals surface area contributed by atoms with Crippen molar-refractivity contribution < 1.29 is 9.53 Å². The van der Waals surface area contributed by atoms with Crippen molar-refractivity contribution in [3.8, 4) is 0 Å². The van der Waals surface area contributed by atoms with E-state index >= 15 is 0 Å². The van der Waals surface area contributed by atoms with Crippen molar-refractivity contribution >= 4 is 5.97 Å². The van der Waals surface area contributed by atoms with E-state index in [0.717, 1.165) is 31.3 Å². The molecule has 0 N–H and O–H groups in total. The molecular weight excluding hydrogens is 164 g/mol. The molecule has 0 aromatic heterocycles. The number of hydrogen-bond donors (Lipinski definition) is 0. The molecule has 0 aromatic rings. The maximum atomic E-state index is 11.3. The van der Waals surface area contributed by atoms with Crippen LogP contribution in [0.4, 0.5) is 0 Å². The fraction of sp³-hybridized carbons (Fsp3) is 0.727. The third-order valence-corrected chi connectivity index (χ3v) is 1.79. The summed E-state index contributed by atoms with van der Waals surface area (Å²) in [6.07, 6.45) is 5.89. The normalized spacial score (nSPS) is 11.5. The average molecular weight is 184 g/mol. The highest BCUT2D eigenvalue weighted by molar-refractivity contribution is 5.88. The zero-order valence-corrected chi connectivity index (χ0v) is 8.93. The Kier molecular flexibility index (Phi) is 7.36.